The van der Waals surface area contributed by atoms with Crippen molar-refractivity contribution in [2.45, 2.75) is 32.1 Å². The van der Waals surface area contributed by atoms with Crippen LogP contribution in [0.4, 0.5) is 0 Å². The van der Waals surface area contributed by atoms with Gasteiger partial charge in [0.05, 0.1) is 0 Å². The third kappa shape index (κ3) is 2.64. The minimum atomic E-state index is 0.0377. The molecule has 2 aromatic rings. The predicted molar refractivity (Wildman–Crippen MR) is 82.7 cm³/mol. The monoisotopic (exact) mass is 284 g/mol. The lowest BCUT2D eigenvalue weighted by molar-refractivity contribution is 0.103. The molecule has 0 heterocycles. The van der Waals surface area contributed by atoms with Crippen molar-refractivity contribution in [3.05, 3.63) is 69.7 Å². The fraction of sp³-hybridized carbons (Fsp3) is 0.278. The van der Waals surface area contributed by atoms with Crippen molar-refractivity contribution in [2.24, 2.45) is 0 Å². The average Bonchev–Trinajstić information content (AvgIpc) is 2.35. The molecule has 0 bridgehead atoms. The summed E-state index contributed by atoms with van der Waals surface area (Å²) in [7, 11) is 0. The molecule has 2 heteroatoms. The number of hydrogen-bond donors (Lipinski definition) is 0. The van der Waals surface area contributed by atoms with E-state index in [4.69, 9.17) is 11.6 Å². The first-order chi connectivity index (χ1) is 9.63. The Bertz CT molecular complexity index is 619. The van der Waals surface area contributed by atoms with E-state index in [1.165, 1.54) is 24.8 Å². The van der Waals surface area contributed by atoms with Gasteiger partial charge in [-0.25, -0.2) is 0 Å². The molecule has 3 rings (SSSR count). The molecule has 1 aliphatic carbocycles. The highest BCUT2D eigenvalue weighted by molar-refractivity contribution is 6.31. The fourth-order valence-corrected chi connectivity index (χ4v) is 2.97. The summed E-state index contributed by atoms with van der Waals surface area (Å²) in [6.07, 6.45) is 3.88. The predicted octanol–water partition coefficient (Wildman–Crippen LogP) is 5.15. The number of rotatable bonds is 3. The normalized spacial score (nSPS) is 14.9. The molecule has 0 radical (unpaired) electrons. The second-order valence-electron chi connectivity index (χ2n) is 5.60. The van der Waals surface area contributed by atoms with Crippen LogP contribution in [-0.2, 0) is 0 Å². The Morgan fingerprint density at radius 1 is 1.05 bits per heavy atom. The van der Waals surface area contributed by atoms with E-state index >= 15 is 0 Å². The van der Waals surface area contributed by atoms with Crippen LogP contribution >= 0.6 is 11.6 Å². The Morgan fingerprint density at radius 2 is 1.75 bits per heavy atom. The maximum atomic E-state index is 12.5. The lowest BCUT2D eigenvalue weighted by atomic mass is 9.80. The van der Waals surface area contributed by atoms with E-state index in [0.717, 1.165) is 11.1 Å². The van der Waals surface area contributed by atoms with Gasteiger partial charge >= 0.3 is 0 Å². The molecule has 0 aliphatic heterocycles. The largest absolute Gasteiger partial charge is 0.289 e. The maximum Gasteiger partial charge on any atom is 0.193 e. The van der Waals surface area contributed by atoms with E-state index in [-0.39, 0.29) is 5.78 Å². The van der Waals surface area contributed by atoms with Crippen LogP contribution in [0.3, 0.4) is 0 Å². The van der Waals surface area contributed by atoms with Crippen LogP contribution in [0.1, 0.15) is 52.2 Å². The summed E-state index contributed by atoms with van der Waals surface area (Å²) in [4.78, 5) is 12.5. The van der Waals surface area contributed by atoms with Crippen LogP contribution in [-0.4, -0.2) is 5.78 Å². The molecule has 1 aliphatic rings. The molecule has 0 amide bonds. The van der Waals surface area contributed by atoms with Crippen molar-refractivity contribution in [1.29, 1.82) is 0 Å². The van der Waals surface area contributed by atoms with E-state index in [0.29, 0.717) is 16.5 Å². The van der Waals surface area contributed by atoms with Gasteiger partial charge in [-0.2, -0.15) is 0 Å². The fourth-order valence-electron chi connectivity index (χ4n) is 2.68. The summed E-state index contributed by atoms with van der Waals surface area (Å²) in [6.45, 7) is 1.95. The summed E-state index contributed by atoms with van der Waals surface area (Å²) < 4.78 is 0. The number of halogens is 1. The van der Waals surface area contributed by atoms with Crippen molar-refractivity contribution in [3.63, 3.8) is 0 Å². The lowest BCUT2D eigenvalue weighted by Crippen LogP contribution is -2.09. The van der Waals surface area contributed by atoms with Crippen LogP contribution in [0.25, 0.3) is 0 Å². The van der Waals surface area contributed by atoms with Crippen molar-refractivity contribution >= 4 is 17.4 Å². The van der Waals surface area contributed by atoms with Crippen LogP contribution in [0.5, 0.6) is 0 Å². The minimum Gasteiger partial charge on any atom is -0.289 e. The molecule has 0 unspecified atom stereocenters. The third-order valence-electron chi connectivity index (χ3n) is 4.05. The summed E-state index contributed by atoms with van der Waals surface area (Å²) in [5.74, 6) is 0.739. The minimum absolute atomic E-state index is 0.0377. The Labute approximate surface area is 124 Å². The highest BCUT2D eigenvalue weighted by Gasteiger charge is 2.19. The molecule has 102 valence electrons. The van der Waals surface area contributed by atoms with Gasteiger partial charge < -0.3 is 0 Å². The average molecular weight is 285 g/mol. The summed E-state index contributed by atoms with van der Waals surface area (Å²) >= 11 is 6.02. The van der Waals surface area contributed by atoms with Gasteiger partial charge in [0.1, 0.15) is 0 Å². The van der Waals surface area contributed by atoms with Crippen LogP contribution < -0.4 is 0 Å². The van der Waals surface area contributed by atoms with E-state index in [1.54, 1.807) is 6.07 Å². The first-order valence-electron chi connectivity index (χ1n) is 7.05. The van der Waals surface area contributed by atoms with Crippen LogP contribution in [0, 0.1) is 6.92 Å². The molecular weight excluding hydrogens is 268 g/mol. The second kappa shape index (κ2) is 5.41. The van der Waals surface area contributed by atoms with Gasteiger partial charge in [0, 0.05) is 16.1 Å². The Balaban J connectivity index is 1.86. The topological polar surface area (TPSA) is 17.1 Å². The SMILES string of the molecule is Cc1cc(Cl)cc(C(=O)c2ccc(C3CCC3)cc2)c1. The zero-order chi connectivity index (χ0) is 14.1. The van der Waals surface area contributed by atoms with Gasteiger partial charge in [-0.05, 0) is 55.0 Å². The number of aryl methyl sites for hydroxylation is 1. The molecule has 2 aromatic carbocycles. The summed E-state index contributed by atoms with van der Waals surface area (Å²) in [6, 6.07) is 13.5. The van der Waals surface area contributed by atoms with Gasteiger partial charge in [0.15, 0.2) is 5.78 Å². The molecule has 0 aromatic heterocycles. The smallest absolute Gasteiger partial charge is 0.193 e. The van der Waals surface area contributed by atoms with Crippen molar-refractivity contribution in [3.8, 4) is 0 Å². The molecular formula is C18H17ClO. The number of hydrogen-bond acceptors (Lipinski definition) is 1. The first kappa shape index (κ1) is 13.4. The zero-order valence-corrected chi connectivity index (χ0v) is 12.3. The van der Waals surface area contributed by atoms with Crippen LogP contribution in [0.15, 0.2) is 42.5 Å². The van der Waals surface area contributed by atoms with Crippen molar-refractivity contribution < 1.29 is 4.79 Å². The molecule has 0 N–H and O–H groups in total. The Kier molecular flexibility index (Phi) is 3.62. The number of carbonyl (C=O) groups excluding carboxylic acids is 1. The summed E-state index contributed by atoms with van der Waals surface area (Å²) in [5, 5.41) is 0.611. The standard InChI is InChI=1S/C18H17ClO/c1-12-9-16(11-17(19)10-12)18(20)15-7-5-14(6-8-15)13-3-2-4-13/h5-11,13H,2-4H2,1H3. The molecule has 0 spiro atoms. The number of ketones is 1. The van der Waals surface area contributed by atoms with Crippen LogP contribution in [0.2, 0.25) is 5.02 Å². The Morgan fingerprint density at radius 3 is 2.30 bits per heavy atom. The van der Waals surface area contributed by atoms with E-state index in [1.807, 2.05) is 31.2 Å². The molecule has 0 atom stereocenters. The second-order valence-corrected chi connectivity index (χ2v) is 6.03. The zero-order valence-electron chi connectivity index (χ0n) is 11.5. The third-order valence-corrected chi connectivity index (χ3v) is 4.27. The maximum absolute atomic E-state index is 12.5. The molecule has 1 saturated carbocycles. The molecule has 1 fully saturated rings. The van der Waals surface area contributed by atoms with E-state index in [2.05, 4.69) is 12.1 Å². The van der Waals surface area contributed by atoms with Gasteiger partial charge in [-0.3, -0.25) is 4.79 Å². The molecule has 1 nitrogen and oxygen atoms in total. The summed E-state index contributed by atoms with van der Waals surface area (Å²) in [5.41, 5.74) is 3.75. The molecule has 20 heavy (non-hydrogen) atoms. The van der Waals surface area contributed by atoms with E-state index < -0.39 is 0 Å². The van der Waals surface area contributed by atoms with Gasteiger partial charge in [-0.1, -0.05) is 42.3 Å². The van der Waals surface area contributed by atoms with Gasteiger partial charge in [0.2, 0.25) is 0 Å². The Hall–Kier alpha value is -1.60. The first-order valence-corrected chi connectivity index (χ1v) is 7.43. The quantitative estimate of drug-likeness (QED) is 0.713. The number of carbonyl (C=O) groups is 1. The van der Waals surface area contributed by atoms with E-state index in [9.17, 15) is 4.79 Å². The number of benzene rings is 2. The lowest BCUT2D eigenvalue weighted by Gasteiger charge is -2.25. The van der Waals surface area contributed by atoms with Gasteiger partial charge in [0.25, 0.3) is 0 Å². The highest BCUT2D eigenvalue weighted by Crippen LogP contribution is 2.36. The molecule has 0 saturated heterocycles. The highest BCUT2D eigenvalue weighted by atomic mass is 35.5. The van der Waals surface area contributed by atoms with Gasteiger partial charge in [-0.15, -0.1) is 0 Å². The van der Waals surface area contributed by atoms with Crippen molar-refractivity contribution in [2.75, 3.05) is 0 Å². The van der Waals surface area contributed by atoms with Crippen molar-refractivity contribution in [1.82, 2.24) is 0 Å².